The van der Waals surface area contributed by atoms with Gasteiger partial charge in [-0.3, -0.25) is 9.59 Å². The second kappa shape index (κ2) is 12.1. The van der Waals surface area contributed by atoms with Crippen LogP contribution in [0.25, 0.3) is 0 Å². The van der Waals surface area contributed by atoms with Crippen LogP contribution in [0.3, 0.4) is 0 Å². The van der Waals surface area contributed by atoms with Crippen LogP contribution in [0.5, 0.6) is 0 Å². The molecule has 4 heteroatoms. The number of hydrogen-bond acceptors (Lipinski definition) is 2. The minimum Gasteiger partial charge on any atom is -0.481 e. The summed E-state index contributed by atoms with van der Waals surface area (Å²) < 4.78 is 0. The fraction of sp³-hybridized carbons (Fsp3) is 0.800. The largest absolute Gasteiger partial charge is 0.481 e. The van der Waals surface area contributed by atoms with Gasteiger partial charge in [0.15, 0.2) is 0 Å². The van der Waals surface area contributed by atoms with Crippen molar-refractivity contribution in [1.82, 2.24) is 0 Å². The molecule has 0 aromatic rings. The molecule has 2 unspecified atom stereocenters. The molecule has 0 aromatic heterocycles. The van der Waals surface area contributed by atoms with Gasteiger partial charge in [-0.15, -0.1) is 0 Å². The first kappa shape index (κ1) is 20.7. The Morgan fingerprint density at radius 3 is 2.42 bits per heavy atom. The average Bonchev–Trinajstić information content (AvgIpc) is 2.54. The SMILES string of the molecule is CCCCCCC1C=C(CCCCCCC(=O)O)CC(C(=O)O)C1. The summed E-state index contributed by atoms with van der Waals surface area (Å²) in [5.41, 5.74) is 1.31. The Labute approximate surface area is 146 Å². The van der Waals surface area contributed by atoms with Gasteiger partial charge >= 0.3 is 11.9 Å². The Bertz CT molecular complexity index is 414. The smallest absolute Gasteiger partial charge is 0.306 e. The van der Waals surface area contributed by atoms with Gasteiger partial charge in [-0.2, -0.15) is 0 Å². The van der Waals surface area contributed by atoms with E-state index in [2.05, 4.69) is 13.0 Å². The van der Waals surface area contributed by atoms with E-state index in [9.17, 15) is 14.7 Å². The molecular weight excluding hydrogens is 304 g/mol. The molecule has 0 bridgehead atoms. The summed E-state index contributed by atoms with van der Waals surface area (Å²) in [6.45, 7) is 2.20. The number of allylic oxidation sites excluding steroid dienone is 2. The predicted octanol–water partition coefficient (Wildman–Crippen LogP) is 5.42. The van der Waals surface area contributed by atoms with Crippen molar-refractivity contribution in [1.29, 1.82) is 0 Å². The fourth-order valence-corrected chi connectivity index (χ4v) is 3.62. The van der Waals surface area contributed by atoms with Crippen molar-refractivity contribution < 1.29 is 19.8 Å². The van der Waals surface area contributed by atoms with E-state index in [1.54, 1.807) is 0 Å². The third-order valence-corrected chi connectivity index (χ3v) is 4.98. The van der Waals surface area contributed by atoms with E-state index < -0.39 is 11.9 Å². The molecule has 0 fully saturated rings. The van der Waals surface area contributed by atoms with Crippen molar-refractivity contribution in [3.8, 4) is 0 Å². The second-order valence-electron chi connectivity index (χ2n) is 7.22. The lowest BCUT2D eigenvalue weighted by molar-refractivity contribution is -0.142. The minimum atomic E-state index is -0.722. The minimum absolute atomic E-state index is 0.215. The number of hydrogen-bond donors (Lipinski definition) is 2. The molecule has 4 nitrogen and oxygen atoms in total. The van der Waals surface area contributed by atoms with Gasteiger partial charge in [0.2, 0.25) is 0 Å². The summed E-state index contributed by atoms with van der Waals surface area (Å²) in [5.74, 6) is -1.16. The topological polar surface area (TPSA) is 74.6 Å². The van der Waals surface area contributed by atoms with Gasteiger partial charge in [0.05, 0.1) is 5.92 Å². The third kappa shape index (κ3) is 9.09. The number of carboxylic acids is 2. The van der Waals surface area contributed by atoms with Crippen LogP contribution in [0.2, 0.25) is 0 Å². The van der Waals surface area contributed by atoms with E-state index in [-0.39, 0.29) is 12.3 Å². The highest BCUT2D eigenvalue weighted by Crippen LogP contribution is 2.34. The van der Waals surface area contributed by atoms with Crippen molar-refractivity contribution >= 4 is 11.9 Å². The van der Waals surface area contributed by atoms with E-state index in [1.807, 2.05) is 0 Å². The Morgan fingerprint density at radius 1 is 1.04 bits per heavy atom. The number of carboxylic acid groups (broad SMARTS) is 2. The normalized spacial score (nSPS) is 20.6. The lowest BCUT2D eigenvalue weighted by Gasteiger charge is -2.26. The first-order valence-electron chi connectivity index (χ1n) is 9.67. The lowest BCUT2D eigenvalue weighted by atomic mass is 9.79. The van der Waals surface area contributed by atoms with Crippen LogP contribution in [-0.4, -0.2) is 22.2 Å². The summed E-state index contributed by atoms with van der Waals surface area (Å²) in [4.78, 5) is 21.9. The number of aliphatic carboxylic acids is 2. The Balaban J connectivity index is 2.36. The number of carbonyl (C=O) groups is 2. The molecule has 2 N–H and O–H groups in total. The second-order valence-corrected chi connectivity index (χ2v) is 7.22. The zero-order valence-electron chi connectivity index (χ0n) is 15.1. The number of unbranched alkanes of at least 4 members (excludes halogenated alkanes) is 6. The molecule has 1 rings (SSSR count). The van der Waals surface area contributed by atoms with Gasteiger partial charge in [-0.25, -0.2) is 0 Å². The van der Waals surface area contributed by atoms with E-state index in [0.717, 1.165) is 44.9 Å². The third-order valence-electron chi connectivity index (χ3n) is 4.98. The van der Waals surface area contributed by atoms with Crippen molar-refractivity contribution in [2.24, 2.45) is 11.8 Å². The van der Waals surface area contributed by atoms with E-state index >= 15 is 0 Å². The summed E-state index contributed by atoms with van der Waals surface area (Å²) in [6.07, 6.45) is 14.9. The van der Waals surface area contributed by atoms with Crippen LogP contribution in [0.15, 0.2) is 11.6 Å². The molecule has 1 aliphatic carbocycles. The molecule has 2 atom stereocenters. The summed E-state index contributed by atoms with van der Waals surface area (Å²) in [6, 6.07) is 0. The maximum Gasteiger partial charge on any atom is 0.306 e. The number of rotatable bonds is 13. The Morgan fingerprint density at radius 2 is 1.75 bits per heavy atom. The molecule has 0 spiro atoms. The Kier molecular flexibility index (Phi) is 10.4. The molecule has 138 valence electrons. The molecule has 0 heterocycles. The van der Waals surface area contributed by atoms with Crippen LogP contribution in [-0.2, 0) is 9.59 Å². The molecule has 0 aromatic carbocycles. The highest BCUT2D eigenvalue weighted by atomic mass is 16.4. The van der Waals surface area contributed by atoms with Gasteiger partial charge in [-0.1, -0.05) is 57.1 Å². The van der Waals surface area contributed by atoms with Gasteiger partial charge in [0, 0.05) is 6.42 Å². The maximum absolute atomic E-state index is 11.4. The highest BCUT2D eigenvalue weighted by Gasteiger charge is 2.26. The van der Waals surface area contributed by atoms with Gasteiger partial charge in [0.1, 0.15) is 0 Å². The molecule has 0 aliphatic heterocycles. The molecule has 1 aliphatic rings. The zero-order chi connectivity index (χ0) is 17.8. The standard InChI is InChI=1S/C20H34O4/c1-2-3-4-7-10-16-13-17(15-18(14-16)20(23)24)11-8-5-6-9-12-19(21)22/h13,16,18H,2-12,14-15H2,1H3,(H,21,22)(H,23,24). The highest BCUT2D eigenvalue weighted by molar-refractivity contribution is 5.70. The molecule has 0 saturated carbocycles. The maximum atomic E-state index is 11.4. The van der Waals surface area contributed by atoms with Crippen LogP contribution < -0.4 is 0 Å². The van der Waals surface area contributed by atoms with Crippen molar-refractivity contribution in [2.45, 2.75) is 90.4 Å². The van der Waals surface area contributed by atoms with Gasteiger partial charge < -0.3 is 10.2 Å². The molecule has 24 heavy (non-hydrogen) atoms. The Hall–Kier alpha value is -1.32. The molecular formula is C20H34O4. The van der Waals surface area contributed by atoms with Crippen LogP contribution >= 0.6 is 0 Å². The lowest BCUT2D eigenvalue weighted by Crippen LogP contribution is -2.22. The molecule has 0 saturated heterocycles. The summed E-state index contributed by atoms with van der Waals surface area (Å²) in [7, 11) is 0. The van der Waals surface area contributed by atoms with Crippen molar-refractivity contribution in [3.05, 3.63) is 11.6 Å². The van der Waals surface area contributed by atoms with Crippen LogP contribution in [0.4, 0.5) is 0 Å². The summed E-state index contributed by atoms with van der Waals surface area (Å²) >= 11 is 0. The van der Waals surface area contributed by atoms with Crippen molar-refractivity contribution in [2.75, 3.05) is 0 Å². The van der Waals surface area contributed by atoms with Crippen LogP contribution in [0, 0.1) is 11.8 Å². The van der Waals surface area contributed by atoms with E-state index in [4.69, 9.17) is 5.11 Å². The molecule has 0 radical (unpaired) electrons. The average molecular weight is 338 g/mol. The van der Waals surface area contributed by atoms with Gasteiger partial charge in [0.25, 0.3) is 0 Å². The first-order valence-corrected chi connectivity index (χ1v) is 9.67. The van der Waals surface area contributed by atoms with E-state index in [1.165, 1.54) is 31.3 Å². The van der Waals surface area contributed by atoms with Crippen LogP contribution in [0.1, 0.15) is 90.4 Å². The molecule has 0 amide bonds. The summed E-state index contributed by atoms with van der Waals surface area (Å²) in [5, 5.41) is 18.0. The zero-order valence-corrected chi connectivity index (χ0v) is 15.1. The fourth-order valence-electron chi connectivity index (χ4n) is 3.62. The van der Waals surface area contributed by atoms with Crippen molar-refractivity contribution in [3.63, 3.8) is 0 Å². The predicted molar refractivity (Wildman–Crippen MR) is 96.0 cm³/mol. The first-order chi connectivity index (χ1) is 11.5. The quantitative estimate of drug-likeness (QED) is 0.347. The monoisotopic (exact) mass is 338 g/mol. The van der Waals surface area contributed by atoms with E-state index in [0.29, 0.717) is 12.3 Å². The van der Waals surface area contributed by atoms with Gasteiger partial charge in [-0.05, 0) is 44.4 Å².